The van der Waals surface area contributed by atoms with Crippen LogP contribution in [0.4, 0.5) is 4.39 Å². The molecule has 0 fully saturated rings. The SMILES string of the molecule is CN1C(=O)c2c(-c3ccc(F)cc3)noc2CC1c1ccccc1. The molecule has 1 atom stereocenters. The molecule has 4 nitrogen and oxygen atoms in total. The Kier molecular flexibility index (Phi) is 3.41. The third kappa shape index (κ3) is 2.29. The topological polar surface area (TPSA) is 46.3 Å². The van der Waals surface area contributed by atoms with E-state index in [1.807, 2.05) is 30.3 Å². The monoisotopic (exact) mass is 322 g/mol. The second-order valence-electron chi connectivity index (χ2n) is 5.88. The molecule has 1 aliphatic rings. The summed E-state index contributed by atoms with van der Waals surface area (Å²) in [6.45, 7) is 0. The molecule has 0 aliphatic carbocycles. The minimum Gasteiger partial charge on any atom is -0.360 e. The Bertz CT molecular complexity index is 887. The lowest BCUT2D eigenvalue weighted by Gasteiger charge is -2.31. The number of aromatic nitrogens is 1. The molecule has 120 valence electrons. The van der Waals surface area contributed by atoms with Crippen LogP contribution < -0.4 is 0 Å². The Morgan fingerprint density at radius 3 is 2.54 bits per heavy atom. The highest BCUT2D eigenvalue weighted by Crippen LogP contribution is 2.36. The smallest absolute Gasteiger partial charge is 0.260 e. The minimum absolute atomic E-state index is 0.0831. The van der Waals surface area contributed by atoms with Crippen molar-refractivity contribution in [3.63, 3.8) is 0 Å². The normalized spacial score (nSPS) is 17.0. The van der Waals surface area contributed by atoms with Crippen molar-refractivity contribution in [2.45, 2.75) is 12.5 Å². The maximum absolute atomic E-state index is 13.1. The molecule has 3 aromatic rings. The van der Waals surface area contributed by atoms with E-state index >= 15 is 0 Å². The standard InChI is InChI=1S/C19H15FN2O2/c1-22-15(12-5-3-2-4-6-12)11-16-17(19(22)23)18(21-24-16)13-7-9-14(20)10-8-13/h2-10,15H,11H2,1H3. The molecule has 0 N–H and O–H groups in total. The van der Waals surface area contributed by atoms with Gasteiger partial charge in [0.15, 0.2) is 5.76 Å². The second-order valence-corrected chi connectivity index (χ2v) is 5.88. The third-order valence-electron chi connectivity index (χ3n) is 4.45. The van der Waals surface area contributed by atoms with Crippen molar-refractivity contribution in [1.29, 1.82) is 0 Å². The van der Waals surface area contributed by atoms with Crippen LogP contribution in [0.15, 0.2) is 59.1 Å². The zero-order chi connectivity index (χ0) is 16.7. The summed E-state index contributed by atoms with van der Waals surface area (Å²) in [5, 5.41) is 4.07. The number of likely N-dealkylation sites (N-methyl/N-ethyl adjacent to an activating group) is 1. The van der Waals surface area contributed by atoms with E-state index in [2.05, 4.69) is 5.16 Å². The quantitative estimate of drug-likeness (QED) is 0.720. The van der Waals surface area contributed by atoms with Gasteiger partial charge in [0.25, 0.3) is 5.91 Å². The van der Waals surface area contributed by atoms with Gasteiger partial charge in [-0.2, -0.15) is 0 Å². The summed E-state index contributed by atoms with van der Waals surface area (Å²) in [4.78, 5) is 14.6. The summed E-state index contributed by atoms with van der Waals surface area (Å²) in [5.41, 5.74) is 2.66. The van der Waals surface area contributed by atoms with Crippen molar-refractivity contribution in [2.75, 3.05) is 7.05 Å². The van der Waals surface area contributed by atoms with Crippen molar-refractivity contribution in [3.8, 4) is 11.3 Å². The highest BCUT2D eigenvalue weighted by molar-refractivity contribution is 6.01. The molecule has 1 aliphatic heterocycles. The maximum Gasteiger partial charge on any atom is 0.260 e. The van der Waals surface area contributed by atoms with E-state index in [4.69, 9.17) is 4.52 Å². The van der Waals surface area contributed by atoms with Gasteiger partial charge in [0.1, 0.15) is 17.1 Å². The average molecular weight is 322 g/mol. The number of fused-ring (bicyclic) bond motifs is 1. The van der Waals surface area contributed by atoms with E-state index in [0.29, 0.717) is 29.0 Å². The molecule has 0 bridgehead atoms. The Morgan fingerprint density at radius 2 is 1.83 bits per heavy atom. The lowest BCUT2D eigenvalue weighted by molar-refractivity contribution is 0.0694. The van der Waals surface area contributed by atoms with Crippen LogP contribution in [0.3, 0.4) is 0 Å². The first-order valence-corrected chi connectivity index (χ1v) is 7.71. The van der Waals surface area contributed by atoms with Crippen molar-refractivity contribution in [3.05, 3.63) is 77.3 Å². The van der Waals surface area contributed by atoms with Crippen LogP contribution in [0.25, 0.3) is 11.3 Å². The van der Waals surface area contributed by atoms with Gasteiger partial charge in [0, 0.05) is 19.0 Å². The fourth-order valence-electron chi connectivity index (χ4n) is 3.14. The number of carbonyl (C=O) groups is 1. The molecule has 0 spiro atoms. The highest BCUT2D eigenvalue weighted by atomic mass is 19.1. The first-order chi connectivity index (χ1) is 11.6. The Labute approximate surface area is 138 Å². The summed E-state index contributed by atoms with van der Waals surface area (Å²) in [5.74, 6) is 0.112. The fraction of sp³-hybridized carbons (Fsp3) is 0.158. The average Bonchev–Trinajstić information content (AvgIpc) is 3.03. The summed E-state index contributed by atoms with van der Waals surface area (Å²) in [6.07, 6.45) is 0.565. The van der Waals surface area contributed by atoms with Gasteiger partial charge in [-0.05, 0) is 29.8 Å². The van der Waals surface area contributed by atoms with E-state index in [1.165, 1.54) is 12.1 Å². The van der Waals surface area contributed by atoms with Crippen LogP contribution in [0.5, 0.6) is 0 Å². The van der Waals surface area contributed by atoms with Crippen LogP contribution in [-0.4, -0.2) is 23.0 Å². The van der Waals surface area contributed by atoms with E-state index in [-0.39, 0.29) is 17.8 Å². The van der Waals surface area contributed by atoms with Crippen LogP contribution in [0, 0.1) is 5.82 Å². The van der Waals surface area contributed by atoms with Gasteiger partial charge in [0.05, 0.1) is 6.04 Å². The molecule has 0 saturated heterocycles. The largest absolute Gasteiger partial charge is 0.360 e. The number of carbonyl (C=O) groups excluding carboxylic acids is 1. The van der Waals surface area contributed by atoms with Crippen LogP contribution >= 0.6 is 0 Å². The van der Waals surface area contributed by atoms with Gasteiger partial charge in [-0.15, -0.1) is 0 Å². The zero-order valence-electron chi connectivity index (χ0n) is 13.1. The third-order valence-corrected chi connectivity index (χ3v) is 4.45. The maximum atomic E-state index is 13.1. The van der Waals surface area contributed by atoms with Gasteiger partial charge in [0.2, 0.25) is 0 Å². The Hall–Kier alpha value is -2.95. The number of rotatable bonds is 2. The van der Waals surface area contributed by atoms with E-state index in [0.717, 1.165) is 5.56 Å². The molecule has 24 heavy (non-hydrogen) atoms. The lowest BCUT2D eigenvalue weighted by atomic mass is 9.92. The van der Waals surface area contributed by atoms with Gasteiger partial charge in [-0.1, -0.05) is 35.5 Å². The fourth-order valence-corrected chi connectivity index (χ4v) is 3.14. The van der Waals surface area contributed by atoms with Gasteiger partial charge < -0.3 is 9.42 Å². The number of hydrogen-bond donors (Lipinski definition) is 0. The highest BCUT2D eigenvalue weighted by Gasteiger charge is 2.36. The van der Waals surface area contributed by atoms with Crippen LogP contribution in [0.1, 0.15) is 27.7 Å². The summed E-state index contributed by atoms with van der Waals surface area (Å²) in [7, 11) is 1.78. The first-order valence-electron chi connectivity index (χ1n) is 7.71. The number of nitrogens with zero attached hydrogens (tertiary/aromatic N) is 2. The van der Waals surface area contributed by atoms with Crippen molar-refractivity contribution >= 4 is 5.91 Å². The van der Waals surface area contributed by atoms with E-state index in [9.17, 15) is 9.18 Å². The van der Waals surface area contributed by atoms with E-state index < -0.39 is 0 Å². The van der Waals surface area contributed by atoms with Crippen molar-refractivity contribution in [2.24, 2.45) is 0 Å². The van der Waals surface area contributed by atoms with E-state index in [1.54, 1.807) is 24.1 Å². The Morgan fingerprint density at radius 1 is 1.12 bits per heavy atom. The van der Waals surface area contributed by atoms with Crippen LogP contribution in [0.2, 0.25) is 0 Å². The molecule has 2 heterocycles. The second kappa shape index (κ2) is 5.60. The zero-order valence-corrected chi connectivity index (χ0v) is 13.1. The molecule has 5 heteroatoms. The first kappa shape index (κ1) is 14.6. The van der Waals surface area contributed by atoms with Gasteiger partial charge in [-0.3, -0.25) is 4.79 Å². The number of amides is 1. The Balaban J connectivity index is 1.76. The lowest BCUT2D eigenvalue weighted by Crippen LogP contribution is -2.37. The molecule has 1 unspecified atom stereocenters. The van der Waals surface area contributed by atoms with Crippen molar-refractivity contribution < 1.29 is 13.7 Å². The van der Waals surface area contributed by atoms with Crippen LogP contribution in [-0.2, 0) is 6.42 Å². The molecule has 0 radical (unpaired) electrons. The predicted octanol–water partition coefficient (Wildman–Crippen LogP) is 3.85. The predicted molar refractivity (Wildman–Crippen MR) is 86.9 cm³/mol. The molecule has 2 aromatic carbocycles. The molecule has 0 saturated carbocycles. The summed E-state index contributed by atoms with van der Waals surface area (Å²) < 4.78 is 18.6. The molecule has 1 amide bonds. The van der Waals surface area contributed by atoms with Crippen molar-refractivity contribution in [1.82, 2.24) is 10.1 Å². The summed E-state index contributed by atoms with van der Waals surface area (Å²) in [6, 6.07) is 15.7. The van der Waals surface area contributed by atoms with Gasteiger partial charge >= 0.3 is 0 Å². The number of benzene rings is 2. The minimum atomic E-state index is -0.330. The molecular formula is C19H15FN2O2. The van der Waals surface area contributed by atoms with Gasteiger partial charge in [-0.25, -0.2) is 4.39 Å². The molecule has 4 rings (SSSR count). The molecular weight excluding hydrogens is 307 g/mol. The summed E-state index contributed by atoms with van der Waals surface area (Å²) >= 11 is 0. The number of halogens is 1. The number of hydrogen-bond acceptors (Lipinski definition) is 3. The molecule has 1 aromatic heterocycles.